The molecule has 0 aromatic carbocycles. The fourth-order valence-corrected chi connectivity index (χ4v) is 3.23. The lowest BCUT2D eigenvalue weighted by atomic mass is 10.2. The molecule has 1 fully saturated rings. The van der Waals surface area contributed by atoms with Gasteiger partial charge in [-0.3, -0.25) is 9.59 Å². The lowest BCUT2D eigenvalue weighted by molar-refractivity contribution is -0.122. The molecule has 104 valence electrons. The predicted octanol–water partition coefficient (Wildman–Crippen LogP) is -1.86. The van der Waals surface area contributed by atoms with E-state index in [-0.39, 0.29) is 36.3 Å². The molecule has 2 amide bonds. The smallest absolute Gasteiger partial charge is 0.221 e. The summed E-state index contributed by atoms with van der Waals surface area (Å²) in [5, 5.41) is 5.63. The minimum absolute atomic E-state index is 0.00169. The number of nitrogens with one attached hydrogen (secondary N) is 2. The van der Waals surface area contributed by atoms with Gasteiger partial charge >= 0.3 is 0 Å². The van der Waals surface area contributed by atoms with Crippen molar-refractivity contribution in [1.82, 2.24) is 10.6 Å². The van der Waals surface area contributed by atoms with Gasteiger partial charge in [0.1, 0.15) is 0 Å². The monoisotopic (exact) mass is 277 g/mol. The van der Waals surface area contributed by atoms with Gasteiger partial charge < -0.3 is 16.4 Å². The fraction of sp³-hybridized carbons (Fsp3) is 0.800. The van der Waals surface area contributed by atoms with Crippen LogP contribution in [0.1, 0.15) is 19.3 Å². The van der Waals surface area contributed by atoms with Gasteiger partial charge in [0, 0.05) is 32.0 Å². The maximum Gasteiger partial charge on any atom is 0.221 e. The topological polar surface area (TPSA) is 118 Å². The van der Waals surface area contributed by atoms with Gasteiger partial charge in [0.05, 0.1) is 11.5 Å². The standard InChI is InChI=1S/C10H19N3O4S/c11-9(14)2-1-3-13-10(15)6-8-7-18(16,17)5-4-12-8/h8,12H,1-7H2,(H2,11,14)(H,13,15). The van der Waals surface area contributed by atoms with Crippen LogP contribution in [-0.2, 0) is 19.4 Å². The summed E-state index contributed by atoms with van der Waals surface area (Å²) in [5.74, 6) is -0.482. The average molecular weight is 277 g/mol. The van der Waals surface area contributed by atoms with E-state index in [1.807, 2.05) is 0 Å². The zero-order valence-corrected chi connectivity index (χ0v) is 11.0. The molecule has 0 saturated carbocycles. The summed E-state index contributed by atoms with van der Waals surface area (Å²) in [6.07, 6.45) is 0.865. The molecule has 4 N–H and O–H groups in total. The fourth-order valence-electron chi connectivity index (χ4n) is 1.78. The summed E-state index contributed by atoms with van der Waals surface area (Å²) in [4.78, 5) is 22.0. The Hall–Kier alpha value is -1.15. The molecule has 0 aromatic heterocycles. The third-order valence-corrected chi connectivity index (χ3v) is 4.39. The molecule has 8 heteroatoms. The molecule has 1 rings (SSSR count). The summed E-state index contributed by atoms with van der Waals surface area (Å²) < 4.78 is 22.7. The largest absolute Gasteiger partial charge is 0.370 e. The van der Waals surface area contributed by atoms with E-state index in [0.717, 1.165) is 0 Å². The third kappa shape index (κ3) is 5.97. The van der Waals surface area contributed by atoms with Gasteiger partial charge in [0.15, 0.2) is 9.84 Å². The van der Waals surface area contributed by atoms with E-state index in [9.17, 15) is 18.0 Å². The molecule has 1 atom stereocenters. The number of sulfone groups is 1. The first-order valence-electron chi connectivity index (χ1n) is 5.88. The number of carbonyl (C=O) groups is 2. The summed E-state index contributed by atoms with van der Waals surface area (Å²) in [6, 6.07) is -0.320. The lowest BCUT2D eigenvalue weighted by Crippen LogP contribution is -2.47. The molecular weight excluding hydrogens is 258 g/mol. The van der Waals surface area contributed by atoms with E-state index in [4.69, 9.17) is 5.73 Å². The van der Waals surface area contributed by atoms with E-state index in [2.05, 4.69) is 10.6 Å². The summed E-state index contributed by atoms with van der Waals surface area (Å²) in [5.41, 5.74) is 4.96. The number of rotatable bonds is 6. The molecule has 1 saturated heterocycles. The first-order valence-corrected chi connectivity index (χ1v) is 7.70. The van der Waals surface area contributed by atoms with Crippen molar-refractivity contribution in [2.24, 2.45) is 5.73 Å². The van der Waals surface area contributed by atoms with E-state index < -0.39 is 15.7 Å². The van der Waals surface area contributed by atoms with Crippen molar-refractivity contribution in [2.45, 2.75) is 25.3 Å². The van der Waals surface area contributed by atoms with E-state index in [1.165, 1.54) is 0 Å². The number of amides is 2. The molecule has 18 heavy (non-hydrogen) atoms. The second kappa shape index (κ2) is 6.69. The maximum absolute atomic E-state index is 11.5. The Morgan fingerprint density at radius 2 is 2.11 bits per heavy atom. The zero-order valence-electron chi connectivity index (χ0n) is 10.1. The van der Waals surface area contributed by atoms with Crippen LogP contribution in [-0.4, -0.2) is 50.9 Å². The third-order valence-electron chi connectivity index (χ3n) is 2.66. The highest BCUT2D eigenvalue weighted by molar-refractivity contribution is 7.91. The minimum atomic E-state index is -3.02. The second-order valence-electron chi connectivity index (χ2n) is 4.39. The Kier molecular flexibility index (Phi) is 5.54. The van der Waals surface area contributed by atoms with Crippen molar-refractivity contribution >= 4 is 21.7 Å². The van der Waals surface area contributed by atoms with Crippen molar-refractivity contribution in [3.05, 3.63) is 0 Å². The first-order chi connectivity index (χ1) is 8.39. The molecule has 0 aliphatic carbocycles. The number of carbonyl (C=O) groups excluding carboxylic acids is 2. The molecule has 0 spiro atoms. The number of primary amides is 1. The van der Waals surface area contributed by atoms with Gasteiger partial charge in [-0.1, -0.05) is 0 Å². The number of hydrogen-bond acceptors (Lipinski definition) is 5. The Labute approximate surface area is 106 Å². The highest BCUT2D eigenvalue weighted by Crippen LogP contribution is 2.04. The van der Waals surface area contributed by atoms with Crippen molar-refractivity contribution in [1.29, 1.82) is 0 Å². The summed E-state index contributed by atoms with van der Waals surface area (Å²) >= 11 is 0. The molecule has 1 aliphatic rings. The molecule has 7 nitrogen and oxygen atoms in total. The first kappa shape index (κ1) is 14.9. The molecule has 1 heterocycles. The average Bonchev–Trinajstić information content (AvgIpc) is 2.22. The highest BCUT2D eigenvalue weighted by atomic mass is 32.2. The van der Waals surface area contributed by atoms with Crippen LogP contribution in [0, 0.1) is 0 Å². The number of nitrogens with two attached hydrogens (primary N) is 1. The van der Waals surface area contributed by atoms with E-state index >= 15 is 0 Å². The highest BCUT2D eigenvalue weighted by Gasteiger charge is 2.25. The molecule has 0 bridgehead atoms. The van der Waals surface area contributed by atoms with Gasteiger partial charge in [0.25, 0.3) is 0 Å². The van der Waals surface area contributed by atoms with Crippen LogP contribution in [0.25, 0.3) is 0 Å². The van der Waals surface area contributed by atoms with E-state index in [1.54, 1.807) is 0 Å². The van der Waals surface area contributed by atoms with Crippen molar-refractivity contribution in [3.63, 3.8) is 0 Å². The Bertz CT molecular complexity index is 407. The lowest BCUT2D eigenvalue weighted by Gasteiger charge is -2.23. The quantitative estimate of drug-likeness (QED) is 0.492. The Morgan fingerprint density at radius 1 is 1.39 bits per heavy atom. The van der Waals surface area contributed by atoms with Crippen LogP contribution in [0.2, 0.25) is 0 Å². The molecule has 0 aromatic rings. The Morgan fingerprint density at radius 3 is 2.72 bits per heavy atom. The van der Waals surface area contributed by atoms with Gasteiger partial charge in [-0.25, -0.2) is 8.42 Å². The van der Waals surface area contributed by atoms with Gasteiger partial charge in [-0.2, -0.15) is 0 Å². The molecule has 1 aliphatic heterocycles. The molecular formula is C10H19N3O4S. The number of hydrogen-bond donors (Lipinski definition) is 3. The van der Waals surface area contributed by atoms with Crippen LogP contribution in [0.5, 0.6) is 0 Å². The van der Waals surface area contributed by atoms with Crippen molar-refractivity contribution in [2.75, 3.05) is 24.6 Å². The van der Waals surface area contributed by atoms with E-state index in [0.29, 0.717) is 19.5 Å². The zero-order chi connectivity index (χ0) is 13.6. The predicted molar refractivity (Wildman–Crippen MR) is 66.5 cm³/mol. The minimum Gasteiger partial charge on any atom is -0.370 e. The molecule has 0 radical (unpaired) electrons. The van der Waals surface area contributed by atoms with Gasteiger partial charge in [0.2, 0.25) is 11.8 Å². The van der Waals surface area contributed by atoms with Crippen LogP contribution in [0.15, 0.2) is 0 Å². The summed E-state index contributed by atoms with van der Waals surface area (Å²) in [6.45, 7) is 0.767. The van der Waals surface area contributed by atoms with Gasteiger partial charge in [-0.15, -0.1) is 0 Å². The maximum atomic E-state index is 11.5. The summed E-state index contributed by atoms with van der Waals surface area (Å²) in [7, 11) is -3.02. The Balaban J connectivity index is 2.21. The second-order valence-corrected chi connectivity index (χ2v) is 6.62. The van der Waals surface area contributed by atoms with Crippen LogP contribution in [0.3, 0.4) is 0 Å². The van der Waals surface area contributed by atoms with Crippen LogP contribution in [0.4, 0.5) is 0 Å². The van der Waals surface area contributed by atoms with Crippen molar-refractivity contribution in [3.8, 4) is 0 Å². The van der Waals surface area contributed by atoms with Gasteiger partial charge in [-0.05, 0) is 6.42 Å². The SMILES string of the molecule is NC(=O)CCCNC(=O)CC1CS(=O)(=O)CCN1. The van der Waals surface area contributed by atoms with Crippen molar-refractivity contribution < 1.29 is 18.0 Å². The normalized spacial score (nSPS) is 22.3. The van der Waals surface area contributed by atoms with Crippen LogP contribution < -0.4 is 16.4 Å². The van der Waals surface area contributed by atoms with Crippen LogP contribution >= 0.6 is 0 Å². The molecule has 1 unspecified atom stereocenters.